The average molecular weight is 452 g/mol. The van der Waals surface area contributed by atoms with Crippen LogP contribution in [0.1, 0.15) is 21.6 Å². The van der Waals surface area contributed by atoms with Crippen molar-refractivity contribution in [1.29, 1.82) is 0 Å². The molecule has 1 saturated heterocycles. The number of anilines is 1. The lowest BCUT2D eigenvalue weighted by molar-refractivity contribution is -0.118. The van der Waals surface area contributed by atoms with Gasteiger partial charge in [0.05, 0.1) is 18.9 Å². The summed E-state index contributed by atoms with van der Waals surface area (Å²) in [5, 5.41) is 3.52. The lowest BCUT2D eigenvalue weighted by Gasteiger charge is -2.26. The highest BCUT2D eigenvalue weighted by molar-refractivity contribution is 7.16. The van der Waals surface area contributed by atoms with E-state index in [1.807, 2.05) is 45.0 Å². The Labute approximate surface area is 193 Å². The minimum atomic E-state index is -0.213. The van der Waals surface area contributed by atoms with E-state index in [9.17, 15) is 4.79 Å². The summed E-state index contributed by atoms with van der Waals surface area (Å²) in [6.45, 7) is 10.1. The molecule has 1 N–H and O–H groups in total. The molecule has 6 nitrogen and oxygen atoms in total. The van der Waals surface area contributed by atoms with E-state index in [4.69, 9.17) is 14.5 Å². The fourth-order valence-corrected chi connectivity index (χ4v) is 4.79. The Morgan fingerprint density at radius 3 is 2.66 bits per heavy atom. The third kappa shape index (κ3) is 5.54. The molecule has 0 saturated carbocycles. The molecule has 0 radical (unpaired) electrons. The molecule has 1 fully saturated rings. The Morgan fingerprint density at radius 2 is 1.91 bits per heavy atom. The SMILES string of the molecule is Cc1cc(C)c(C)c(OCC(=O)Nc2nc(-c3ccccc3)c(CN3CCOCC3)s2)c1. The molecular formula is C25H29N3O3S. The largest absolute Gasteiger partial charge is 0.483 e. The Hall–Kier alpha value is -2.74. The third-order valence-electron chi connectivity index (χ3n) is 5.58. The zero-order chi connectivity index (χ0) is 22.5. The maximum atomic E-state index is 12.6. The fourth-order valence-electron chi connectivity index (χ4n) is 3.75. The van der Waals surface area contributed by atoms with Crippen LogP contribution in [0.15, 0.2) is 42.5 Å². The zero-order valence-corrected chi connectivity index (χ0v) is 19.6. The summed E-state index contributed by atoms with van der Waals surface area (Å²) in [4.78, 5) is 20.9. The summed E-state index contributed by atoms with van der Waals surface area (Å²) in [6, 6.07) is 14.2. The van der Waals surface area contributed by atoms with E-state index in [0.29, 0.717) is 5.13 Å². The summed E-state index contributed by atoms with van der Waals surface area (Å²) in [5.41, 5.74) is 5.29. The van der Waals surface area contributed by atoms with E-state index < -0.39 is 0 Å². The van der Waals surface area contributed by atoms with Crippen molar-refractivity contribution >= 4 is 22.4 Å². The number of aromatic nitrogens is 1. The fraction of sp³-hybridized carbons (Fsp3) is 0.360. The summed E-state index contributed by atoms with van der Waals surface area (Å²) in [5.74, 6) is 0.532. The second-order valence-electron chi connectivity index (χ2n) is 8.09. The maximum absolute atomic E-state index is 12.6. The van der Waals surface area contributed by atoms with Gasteiger partial charge in [-0.3, -0.25) is 15.0 Å². The first-order valence-electron chi connectivity index (χ1n) is 10.9. The van der Waals surface area contributed by atoms with Crippen molar-refractivity contribution < 1.29 is 14.3 Å². The number of nitrogens with one attached hydrogen (secondary N) is 1. The summed E-state index contributed by atoms with van der Waals surface area (Å²) >= 11 is 1.52. The number of carbonyl (C=O) groups excluding carboxylic acids is 1. The normalized spacial score (nSPS) is 14.3. The van der Waals surface area contributed by atoms with Gasteiger partial charge in [0.15, 0.2) is 11.7 Å². The van der Waals surface area contributed by atoms with E-state index in [2.05, 4.69) is 28.4 Å². The highest BCUT2D eigenvalue weighted by Crippen LogP contribution is 2.32. The van der Waals surface area contributed by atoms with E-state index in [0.717, 1.165) is 71.4 Å². The summed E-state index contributed by atoms with van der Waals surface area (Å²) in [6.07, 6.45) is 0. The standard InChI is InChI=1S/C25H29N3O3S/c1-17-13-18(2)19(3)21(14-17)31-16-23(29)26-25-27-24(20-7-5-4-6-8-20)22(32-25)15-28-9-11-30-12-10-28/h4-8,13-14H,9-12,15-16H2,1-3H3,(H,26,27,29). The lowest BCUT2D eigenvalue weighted by Crippen LogP contribution is -2.35. The molecule has 2 aromatic carbocycles. The van der Waals surface area contributed by atoms with Crippen LogP contribution in [0.25, 0.3) is 11.3 Å². The van der Waals surface area contributed by atoms with Gasteiger partial charge in [-0.05, 0) is 43.5 Å². The minimum Gasteiger partial charge on any atom is -0.483 e. The number of morpholine rings is 1. The first kappa shape index (κ1) is 22.5. The molecule has 0 aliphatic carbocycles. The van der Waals surface area contributed by atoms with Crippen LogP contribution < -0.4 is 10.1 Å². The molecule has 0 bridgehead atoms. The molecule has 0 atom stereocenters. The lowest BCUT2D eigenvalue weighted by atomic mass is 10.1. The van der Waals surface area contributed by atoms with Gasteiger partial charge in [0.1, 0.15) is 5.75 Å². The van der Waals surface area contributed by atoms with Crippen molar-refractivity contribution in [3.8, 4) is 17.0 Å². The van der Waals surface area contributed by atoms with Gasteiger partial charge in [-0.2, -0.15) is 0 Å². The number of amides is 1. The van der Waals surface area contributed by atoms with Crippen molar-refractivity contribution in [3.63, 3.8) is 0 Å². The summed E-state index contributed by atoms with van der Waals surface area (Å²) < 4.78 is 11.3. The maximum Gasteiger partial charge on any atom is 0.264 e. The predicted molar refractivity (Wildman–Crippen MR) is 128 cm³/mol. The van der Waals surface area contributed by atoms with Gasteiger partial charge in [-0.1, -0.05) is 47.7 Å². The number of hydrogen-bond acceptors (Lipinski definition) is 6. The van der Waals surface area contributed by atoms with Gasteiger partial charge in [0.25, 0.3) is 5.91 Å². The second-order valence-corrected chi connectivity index (χ2v) is 9.17. The van der Waals surface area contributed by atoms with Gasteiger partial charge < -0.3 is 9.47 Å². The molecular weight excluding hydrogens is 422 g/mol. The van der Waals surface area contributed by atoms with Crippen molar-refractivity contribution in [1.82, 2.24) is 9.88 Å². The molecule has 168 valence electrons. The third-order valence-corrected chi connectivity index (χ3v) is 6.54. The topological polar surface area (TPSA) is 63.7 Å². The predicted octanol–water partition coefficient (Wildman–Crippen LogP) is 4.59. The van der Waals surface area contributed by atoms with Crippen molar-refractivity contribution in [2.45, 2.75) is 27.3 Å². The monoisotopic (exact) mass is 451 g/mol. The molecule has 1 amide bonds. The Kier molecular flexibility index (Phi) is 7.19. The van der Waals surface area contributed by atoms with Crippen LogP contribution in [0.4, 0.5) is 5.13 Å². The van der Waals surface area contributed by atoms with Crippen molar-refractivity contribution in [3.05, 3.63) is 64.0 Å². The number of hydrogen-bond donors (Lipinski definition) is 1. The summed E-state index contributed by atoms with van der Waals surface area (Å²) in [7, 11) is 0. The van der Waals surface area contributed by atoms with Gasteiger partial charge in [-0.15, -0.1) is 0 Å². The highest BCUT2D eigenvalue weighted by atomic mass is 32.1. The van der Waals surface area contributed by atoms with Crippen LogP contribution in [-0.2, 0) is 16.1 Å². The first-order chi connectivity index (χ1) is 15.5. The van der Waals surface area contributed by atoms with Crippen molar-refractivity contribution in [2.24, 2.45) is 0 Å². The molecule has 1 aromatic heterocycles. The number of benzene rings is 2. The van der Waals surface area contributed by atoms with Crippen LogP contribution in [-0.4, -0.2) is 48.7 Å². The van der Waals surface area contributed by atoms with Crippen LogP contribution in [0.3, 0.4) is 0 Å². The number of aryl methyl sites for hydroxylation is 2. The van der Waals surface area contributed by atoms with Crippen LogP contribution >= 0.6 is 11.3 Å². The number of nitrogens with zero attached hydrogens (tertiary/aromatic N) is 2. The van der Waals surface area contributed by atoms with Gasteiger partial charge in [0, 0.05) is 30.1 Å². The van der Waals surface area contributed by atoms with Gasteiger partial charge in [0.2, 0.25) is 0 Å². The highest BCUT2D eigenvalue weighted by Gasteiger charge is 2.19. The molecule has 2 heterocycles. The smallest absolute Gasteiger partial charge is 0.264 e. The Bertz CT molecular complexity index is 1080. The Balaban J connectivity index is 1.47. The molecule has 3 aromatic rings. The average Bonchev–Trinajstić information content (AvgIpc) is 3.18. The van der Waals surface area contributed by atoms with Gasteiger partial charge >= 0.3 is 0 Å². The van der Waals surface area contributed by atoms with Crippen LogP contribution in [0.5, 0.6) is 5.75 Å². The molecule has 7 heteroatoms. The van der Waals surface area contributed by atoms with E-state index >= 15 is 0 Å². The number of thiazole rings is 1. The van der Waals surface area contributed by atoms with Crippen LogP contribution in [0, 0.1) is 20.8 Å². The minimum absolute atomic E-state index is 0.0528. The number of rotatable bonds is 7. The molecule has 0 spiro atoms. The molecule has 1 aliphatic heterocycles. The number of ether oxygens (including phenoxy) is 2. The van der Waals surface area contributed by atoms with E-state index in [1.165, 1.54) is 11.3 Å². The first-order valence-corrected chi connectivity index (χ1v) is 11.7. The van der Waals surface area contributed by atoms with E-state index in [-0.39, 0.29) is 12.5 Å². The van der Waals surface area contributed by atoms with Gasteiger partial charge in [-0.25, -0.2) is 4.98 Å². The quantitative estimate of drug-likeness (QED) is 0.569. The zero-order valence-electron chi connectivity index (χ0n) is 18.8. The molecule has 32 heavy (non-hydrogen) atoms. The van der Waals surface area contributed by atoms with Crippen LogP contribution in [0.2, 0.25) is 0 Å². The van der Waals surface area contributed by atoms with E-state index in [1.54, 1.807) is 0 Å². The Morgan fingerprint density at radius 1 is 1.16 bits per heavy atom. The molecule has 0 unspecified atom stereocenters. The number of carbonyl (C=O) groups is 1. The molecule has 1 aliphatic rings. The second kappa shape index (κ2) is 10.3. The molecule has 4 rings (SSSR count). The van der Waals surface area contributed by atoms with Crippen molar-refractivity contribution in [2.75, 3.05) is 38.2 Å².